The maximum atomic E-state index is 12.2. The Morgan fingerprint density at radius 2 is 1.78 bits per heavy atom. The summed E-state index contributed by atoms with van der Waals surface area (Å²) in [4.78, 5) is 28.3. The van der Waals surface area contributed by atoms with E-state index in [9.17, 15) is 9.59 Å². The number of hydrogen-bond donors (Lipinski definition) is 2. The zero-order valence-electron chi connectivity index (χ0n) is 14.5. The number of benzene rings is 2. The van der Waals surface area contributed by atoms with Crippen LogP contribution in [-0.2, 0) is 17.8 Å². The third kappa shape index (κ3) is 5.76. The fourth-order valence-corrected chi connectivity index (χ4v) is 3.00. The van der Waals surface area contributed by atoms with E-state index in [1.54, 1.807) is 24.4 Å². The van der Waals surface area contributed by atoms with Crippen molar-refractivity contribution >= 4 is 33.4 Å². The number of rotatable bonds is 6. The SMILES string of the molecule is O=C(Cc1cccc(Br)c1)NCc1cccc(NC(=O)c2cccnc2)c1. The van der Waals surface area contributed by atoms with Crippen LogP contribution in [0.3, 0.4) is 0 Å². The summed E-state index contributed by atoms with van der Waals surface area (Å²) in [6.45, 7) is 0.392. The highest BCUT2D eigenvalue weighted by atomic mass is 79.9. The van der Waals surface area contributed by atoms with Gasteiger partial charge in [-0.25, -0.2) is 0 Å². The number of amides is 2. The van der Waals surface area contributed by atoms with Gasteiger partial charge in [-0.3, -0.25) is 14.6 Å². The minimum Gasteiger partial charge on any atom is -0.352 e. The van der Waals surface area contributed by atoms with Crippen molar-refractivity contribution in [2.45, 2.75) is 13.0 Å². The minimum atomic E-state index is -0.223. The lowest BCUT2D eigenvalue weighted by atomic mass is 10.1. The zero-order chi connectivity index (χ0) is 19.1. The summed E-state index contributed by atoms with van der Waals surface area (Å²) in [6, 6.07) is 18.5. The summed E-state index contributed by atoms with van der Waals surface area (Å²) in [5.41, 5.74) is 3.01. The smallest absolute Gasteiger partial charge is 0.257 e. The van der Waals surface area contributed by atoms with Gasteiger partial charge < -0.3 is 10.6 Å². The predicted octanol–water partition coefficient (Wildman–Crippen LogP) is 3.96. The van der Waals surface area contributed by atoms with Gasteiger partial charge in [-0.2, -0.15) is 0 Å². The molecule has 0 spiro atoms. The Hall–Kier alpha value is -2.99. The number of hydrogen-bond acceptors (Lipinski definition) is 3. The number of carbonyl (C=O) groups excluding carboxylic acids is 2. The Kier molecular flexibility index (Phi) is 6.33. The normalized spacial score (nSPS) is 10.3. The fraction of sp³-hybridized carbons (Fsp3) is 0.0952. The van der Waals surface area contributed by atoms with Gasteiger partial charge in [0.1, 0.15) is 0 Å². The maximum Gasteiger partial charge on any atom is 0.257 e. The first-order valence-electron chi connectivity index (χ1n) is 8.41. The summed E-state index contributed by atoms with van der Waals surface area (Å²) in [7, 11) is 0. The topological polar surface area (TPSA) is 71.1 Å². The van der Waals surface area contributed by atoms with Crippen LogP contribution in [0, 0.1) is 0 Å². The largest absolute Gasteiger partial charge is 0.352 e. The van der Waals surface area contributed by atoms with Crippen LogP contribution in [0.25, 0.3) is 0 Å². The standard InChI is InChI=1S/C21H18BrN3O2/c22-18-7-1-4-15(10-18)12-20(26)24-13-16-5-2-8-19(11-16)25-21(27)17-6-3-9-23-14-17/h1-11,14H,12-13H2,(H,24,26)(H,25,27). The van der Waals surface area contributed by atoms with Gasteiger partial charge in [0.05, 0.1) is 12.0 Å². The summed E-state index contributed by atoms with van der Waals surface area (Å²) in [5.74, 6) is -0.281. The molecule has 136 valence electrons. The second-order valence-electron chi connectivity index (χ2n) is 5.98. The van der Waals surface area contributed by atoms with Crippen molar-refractivity contribution in [2.75, 3.05) is 5.32 Å². The Labute approximate surface area is 166 Å². The molecule has 0 fully saturated rings. The summed E-state index contributed by atoms with van der Waals surface area (Å²) in [5, 5.41) is 5.74. The molecule has 0 atom stereocenters. The van der Waals surface area contributed by atoms with Crippen molar-refractivity contribution in [1.29, 1.82) is 0 Å². The highest BCUT2D eigenvalue weighted by molar-refractivity contribution is 9.10. The molecule has 0 saturated carbocycles. The van der Waals surface area contributed by atoms with Crippen LogP contribution in [0.5, 0.6) is 0 Å². The molecule has 0 bridgehead atoms. The molecule has 6 heteroatoms. The van der Waals surface area contributed by atoms with E-state index in [1.165, 1.54) is 6.20 Å². The van der Waals surface area contributed by atoms with Crippen LogP contribution in [0.4, 0.5) is 5.69 Å². The van der Waals surface area contributed by atoms with Gasteiger partial charge in [0, 0.05) is 29.1 Å². The van der Waals surface area contributed by atoms with Crippen LogP contribution in [0.15, 0.2) is 77.5 Å². The lowest BCUT2D eigenvalue weighted by molar-refractivity contribution is -0.120. The first-order valence-corrected chi connectivity index (χ1v) is 9.21. The monoisotopic (exact) mass is 423 g/mol. The van der Waals surface area contributed by atoms with E-state index in [0.29, 0.717) is 24.2 Å². The minimum absolute atomic E-state index is 0.0575. The molecular formula is C21H18BrN3O2. The van der Waals surface area contributed by atoms with E-state index in [2.05, 4.69) is 31.5 Å². The number of nitrogens with zero attached hydrogens (tertiary/aromatic N) is 1. The van der Waals surface area contributed by atoms with E-state index in [-0.39, 0.29) is 11.8 Å². The van der Waals surface area contributed by atoms with Gasteiger partial charge in [-0.1, -0.05) is 40.2 Å². The summed E-state index contributed by atoms with van der Waals surface area (Å²) >= 11 is 3.40. The average Bonchev–Trinajstić information content (AvgIpc) is 2.67. The number of carbonyl (C=O) groups is 2. The molecule has 0 unspecified atom stereocenters. The Bertz CT molecular complexity index is 945. The number of pyridine rings is 1. The molecule has 3 rings (SSSR count). The average molecular weight is 424 g/mol. The van der Waals surface area contributed by atoms with Gasteiger partial charge >= 0.3 is 0 Å². The van der Waals surface area contributed by atoms with Gasteiger partial charge in [0.25, 0.3) is 5.91 Å². The van der Waals surface area contributed by atoms with Crippen LogP contribution in [-0.4, -0.2) is 16.8 Å². The molecule has 0 aliphatic rings. The maximum absolute atomic E-state index is 12.2. The summed E-state index contributed by atoms with van der Waals surface area (Å²) in [6.07, 6.45) is 3.45. The molecular weight excluding hydrogens is 406 g/mol. The number of anilines is 1. The van der Waals surface area contributed by atoms with E-state index in [1.807, 2.05) is 42.5 Å². The first-order chi connectivity index (χ1) is 13.1. The number of halogens is 1. The molecule has 0 radical (unpaired) electrons. The molecule has 0 aliphatic heterocycles. The van der Waals surface area contributed by atoms with Crippen molar-refractivity contribution in [3.63, 3.8) is 0 Å². The molecule has 2 amide bonds. The van der Waals surface area contributed by atoms with Gasteiger partial charge in [-0.15, -0.1) is 0 Å². The molecule has 27 heavy (non-hydrogen) atoms. The highest BCUT2D eigenvalue weighted by Gasteiger charge is 2.07. The molecule has 1 heterocycles. The van der Waals surface area contributed by atoms with E-state index < -0.39 is 0 Å². The number of aromatic nitrogens is 1. The highest BCUT2D eigenvalue weighted by Crippen LogP contribution is 2.13. The van der Waals surface area contributed by atoms with E-state index in [0.717, 1.165) is 15.6 Å². The molecule has 2 aromatic carbocycles. The van der Waals surface area contributed by atoms with Crippen molar-refractivity contribution in [3.8, 4) is 0 Å². The molecule has 1 aromatic heterocycles. The molecule has 0 aliphatic carbocycles. The molecule has 0 saturated heterocycles. The predicted molar refractivity (Wildman–Crippen MR) is 108 cm³/mol. The van der Waals surface area contributed by atoms with Gasteiger partial charge in [-0.05, 0) is 47.5 Å². The molecule has 5 nitrogen and oxygen atoms in total. The zero-order valence-corrected chi connectivity index (χ0v) is 16.1. The number of nitrogens with one attached hydrogen (secondary N) is 2. The van der Waals surface area contributed by atoms with Gasteiger partial charge in [0.2, 0.25) is 5.91 Å². The second-order valence-corrected chi connectivity index (χ2v) is 6.90. The molecule has 2 N–H and O–H groups in total. The van der Waals surface area contributed by atoms with Crippen molar-refractivity contribution < 1.29 is 9.59 Å². The Balaban J connectivity index is 1.56. The van der Waals surface area contributed by atoms with Crippen molar-refractivity contribution in [2.24, 2.45) is 0 Å². The van der Waals surface area contributed by atoms with Crippen molar-refractivity contribution in [3.05, 3.63) is 94.2 Å². The quantitative estimate of drug-likeness (QED) is 0.630. The van der Waals surface area contributed by atoms with E-state index in [4.69, 9.17) is 0 Å². The van der Waals surface area contributed by atoms with Gasteiger partial charge in [0.15, 0.2) is 0 Å². The third-order valence-electron chi connectivity index (χ3n) is 3.85. The molecule has 3 aromatic rings. The Morgan fingerprint density at radius 3 is 2.56 bits per heavy atom. The van der Waals surface area contributed by atoms with E-state index >= 15 is 0 Å². The van der Waals surface area contributed by atoms with Crippen LogP contribution in [0.2, 0.25) is 0 Å². The third-order valence-corrected chi connectivity index (χ3v) is 4.35. The summed E-state index contributed by atoms with van der Waals surface area (Å²) < 4.78 is 0.949. The lowest BCUT2D eigenvalue weighted by Gasteiger charge is -2.09. The first kappa shape index (κ1) is 18.8. The van der Waals surface area contributed by atoms with Crippen LogP contribution < -0.4 is 10.6 Å². The second kappa shape index (κ2) is 9.09. The Morgan fingerprint density at radius 1 is 0.963 bits per heavy atom. The van der Waals surface area contributed by atoms with Crippen molar-refractivity contribution in [1.82, 2.24) is 10.3 Å². The van der Waals surface area contributed by atoms with Crippen LogP contribution in [0.1, 0.15) is 21.5 Å². The fourth-order valence-electron chi connectivity index (χ4n) is 2.55. The lowest BCUT2D eigenvalue weighted by Crippen LogP contribution is -2.24. The van der Waals surface area contributed by atoms with Crippen LogP contribution >= 0.6 is 15.9 Å².